The van der Waals surface area contributed by atoms with Gasteiger partial charge in [0, 0.05) is 0 Å². The second kappa shape index (κ2) is 4.88. The molecule has 14 nitrogen and oxygen atoms in total. The van der Waals surface area contributed by atoms with Gasteiger partial charge < -0.3 is 0 Å². The molecule has 0 aromatic heterocycles. The molecule has 0 saturated carbocycles. The monoisotopic (exact) mass is 372 g/mol. The first-order valence-electron chi connectivity index (χ1n) is 3.44. The van der Waals surface area contributed by atoms with Crippen molar-refractivity contribution in [1.82, 2.24) is 6.74 Å². The van der Waals surface area contributed by atoms with Crippen LogP contribution >= 0.6 is 0 Å². The maximum atomic E-state index is 10.4. The zero-order valence-electron chi connectivity index (χ0n) is 8.36. The third kappa shape index (κ3) is 2.98. The molecule has 0 bridgehead atoms. The molecule has 0 aliphatic carbocycles. The number of nitro groups is 4. The van der Waals surface area contributed by atoms with E-state index in [0.717, 1.165) is 9.94 Å². The molecular weight excluding hydrogens is 364 g/mol. The summed E-state index contributed by atoms with van der Waals surface area (Å²) in [5.74, 6) is 0. The van der Waals surface area contributed by atoms with E-state index in [9.17, 15) is 40.5 Å². The molecule has 98 valence electrons. The predicted molar refractivity (Wildman–Crippen MR) is 49.1 cm³/mol. The summed E-state index contributed by atoms with van der Waals surface area (Å²) in [6.45, 7) is 0. The average Bonchev–Trinajstić information content (AvgIpc) is 1.96. The van der Waals surface area contributed by atoms with Crippen LogP contribution in [-0.2, 0) is 0 Å². The molecule has 0 aromatic carbocycles. The number of hydrogen-bond donors (Lipinski definition) is 0. The van der Waals surface area contributed by atoms with Gasteiger partial charge >= 0.3 is 96.0 Å². The van der Waals surface area contributed by atoms with Gasteiger partial charge in [0.1, 0.15) is 0 Å². The Labute approximate surface area is 96.4 Å². The SMILES string of the molecule is C[Te](C)(N([N+](=O)[O-])[N+](=O)[O-])N([N+](=O)[O-])[N+](=O)[O-]. The van der Waals surface area contributed by atoms with E-state index in [1.165, 1.54) is 0 Å². The van der Waals surface area contributed by atoms with E-state index in [1.54, 1.807) is 0 Å². The first kappa shape index (κ1) is 15.0. The van der Waals surface area contributed by atoms with E-state index in [1.807, 2.05) is 0 Å². The minimum atomic E-state index is -4.95. The van der Waals surface area contributed by atoms with Crippen LogP contribution in [-0.4, -0.2) is 45.6 Å². The Morgan fingerprint density at radius 3 is 1.00 bits per heavy atom. The summed E-state index contributed by atoms with van der Waals surface area (Å²) in [6.07, 6.45) is 0. The standard InChI is InChI=1S/C2H6N6O8Te/c1-17(2,3(5(9)10)6(11)12)4(7(13)14)8(15)16/h1-2H3. The van der Waals surface area contributed by atoms with Crippen LogP contribution in [0.25, 0.3) is 0 Å². The second-order valence-electron chi connectivity index (χ2n) is 2.68. The molecule has 17 heavy (non-hydrogen) atoms. The topological polar surface area (TPSA) is 179 Å². The van der Waals surface area contributed by atoms with Crippen LogP contribution < -0.4 is 0 Å². The van der Waals surface area contributed by atoms with Gasteiger partial charge in [-0.05, 0) is 0 Å². The molecule has 0 saturated heterocycles. The van der Waals surface area contributed by atoms with Crippen molar-refractivity contribution in [3.8, 4) is 0 Å². The Hall–Kier alpha value is -2.01. The second-order valence-corrected chi connectivity index (χ2v) is 11.5. The maximum absolute atomic E-state index is 10.4. The van der Waals surface area contributed by atoms with Crippen molar-refractivity contribution in [3.05, 3.63) is 40.5 Å². The van der Waals surface area contributed by atoms with Gasteiger partial charge in [-0.3, -0.25) is 0 Å². The minimum absolute atomic E-state index is 0.645. The Bertz CT molecular complexity index is 318. The van der Waals surface area contributed by atoms with Gasteiger partial charge in [0.15, 0.2) is 0 Å². The fourth-order valence-corrected chi connectivity index (χ4v) is 4.94. The third-order valence-electron chi connectivity index (χ3n) is 1.36. The third-order valence-corrected chi connectivity index (χ3v) is 7.44. The molecule has 0 aliphatic heterocycles. The predicted octanol–water partition coefficient (Wildman–Crippen LogP) is -0.941. The van der Waals surface area contributed by atoms with Gasteiger partial charge in [-0.25, -0.2) is 0 Å². The fraction of sp³-hybridized carbons (Fsp3) is 1.00. The van der Waals surface area contributed by atoms with Crippen LogP contribution in [0, 0.1) is 40.5 Å². The Balaban J connectivity index is 5.61. The number of rotatable bonds is 6. The van der Waals surface area contributed by atoms with Crippen molar-refractivity contribution in [1.29, 1.82) is 0 Å². The zero-order chi connectivity index (χ0) is 14.0. The summed E-state index contributed by atoms with van der Waals surface area (Å²) in [7, 11) is 0. The van der Waals surface area contributed by atoms with Crippen molar-refractivity contribution in [3.63, 3.8) is 0 Å². The summed E-state index contributed by atoms with van der Waals surface area (Å²) in [4.78, 5) is 43.2. The van der Waals surface area contributed by atoms with Crippen molar-refractivity contribution < 1.29 is 20.1 Å². The van der Waals surface area contributed by atoms with Crippen LogP contribution in [0.15, 0.2) is 0 Å². The van der Waals surface area contributed by atoms with Crippen LogP contribution in [0.1, 0.15) is 0 Å². The normalized spacial score (nSPS) is 11.4. The molecule has 0 amide bonds. The quantitative estimate of drug-likeness (QED) is 0.322. The Kier molecular flexibility index (Phi) is 4.30. The fourth-order valence-electron chi connectivity index (χ4n) is 0.837. The molecule has 0 fully saturated rings. The van der Waals surface area contributed by atoms with Gasteiger partial charge in [0.05, 0.1) is 0 Å². The van der Waals surface area contributed by atoms with Gasteiger partial charge in [0.2, 0.25) is 0 Å². The molecule has 0 aromatic rings. The van der Waals surface area contributed by atoms with Crippen LogP contribution in [0.4, 0.5) is 0 Å². The molecule has 0 radical (unpaired) electrons. The van der Waals surface area contributed by atoms with E-state index < -0.39 is 45.6 Å². The number of hydrazine groups is 4. The zero-order valence-corrected chi connectivity index (χ0v) is 10.7. The first-order chi connectivity index (χ1) is 7.53. The van der Waals surface area contributed by atoms with Gasteiger partial charge in [-0.15, -0.1) is 0 Å². The Morgan fingerprint density at radius 1 is 0.706 bits per heavy atom. The summed E-state index contributed by atoms with van der Waals surface area (Å²) >= 11 is -4.95. The van der Waals surface area contributed by atoms with Crippen molar-refractivity contribution >= 4 is 18.7 Å². The molecule has 0 atom stereocenters. The summed E-state index contributed by atoms with van der Waals surface area (Å²) in [5, 5.41) is 35.6. The molecule has 0 rings (SSSR count). The van der Waals surface area contributed by atoms with Gasteiger partial charge in [-0.1, -0.05) is 0 Å². The van der Waals surface area contributed by atoms with Crippen molar-refractivity contribution in [2.45, 2.75) is 9.94 Å². The summed E-state index contributed by atoms with van der Waals surface area (Å²) in [5.41, 5.74) is 0. The van der Waals surface area contributed by atoms with E-state index in [2.05, 4.69) is 0 Å². The van der Waals surface area contributed by atoms with Gasteiger partial charge in [-0.2, -0.15) is 0 Å². The first-order valence-corrected chi connectivity index (χ1v) is 10.2. The number of nitrogens with zero attached hydrogens (tertiary/aromatic N) is 6. The molecule has 0 aliphatic rings. The Morgan fingerprint density at radius 2 is 0.882 bits per heavy atom. The molecule has 0 heterocycles. The van der Waals surface area contributed by atoms with E-state index in [0.29, 0.717) is 0 Å². The molecule has 0 unspecified atom stereocenters. The van der Waals surface area contributed by atoms with Crippen molar-refractivity contribution in [2.75, 3.05) is 0 Å². The van der Waals surface area contributed by atoms with E-state index in [4.69, 9.17) is 0 Å². The van der Waals surface area contributed by atoms with Crippen LogP contribution in [0.3, 0.4) is 0 Å². The molecule has 0 N–H and O–H groups in total. The summed E-state index contributed by atoms with van der Waals surface area (Å²) < 4.78 is -1.29. The van der Waals surface area contributed by atoms with Crippen LogP contribution in [0.2, 0.25) is 9.94 Å². The molecule has 15 heteroatoms. The van der Waals surface area contributed by atoms with Crippen LogP contribution in [0.5, 0.6) is 0 Å². The average molecular weight is 370 g/mol. The summed E-state index contributed by atoms with van der Waals surface area (Å²) in [6, 6.07) is 0. The van der Waals surface area contributed by atoms with Crippen molar-refractivity contribution in [2.24, 2.45) is 0 Å². The van der Waals surface area contributed by atoms with E-state index in [-0.39, 0.29) is 0 Å². The van der Waals surface area contributed by atoms with Gasteiger partial charge in [0.25, 0.3) is 0 Å². The number of hydrogen-bond acceptors (Lipinski definition) is 8. The van der Waals surface area contributed by atoms with E-state index >= 15 is 0 Å². The molecule has 0 spiro atoms. The molecular formula is C2H6N6O8Te.